The Bertz CT molecular complexity index is 713. The van der Waals surface area contributed by atoms with E-state index in [0.717, 1.165) is 12.1 Å². The van der Waals surface area contributed by atoms with Crippen molar-refractivity contribution in [3.05, 3.63) is 18.2 Å². The molecule has 1 saturated heterocycles. The Hall–Kier alpha value is -1.99. The van der Waals surface area contributed by atoms with E-state index in [4.69, 9.17) is 15.2 Å². The van der Waals surface area contributed by atoms with Gasteiger partial charge in [-0.25, -0.2) is 0 Å². The van der Waals surface area contributed by atoms with Gasteiger partial charge in [0.05, 0.1) is 5.92 Å². The summed E-state index contributed by atoms with van der Waals surface area (Å²) in [6.45, 7) is 6.17. The predicted octanol–water partition coefficient (Wildman–Crippen LogP) is 2.06. The van der Waals surface area contributed by atoms with Gasteiger partial charge >= 0.3 is 0 Å². The highest BCUT2D eigenvalue weighted by molar-refractivity contribution is 6.00. The lowest BCUT2D eigenvalue weighted by molar-refractivity contribution is -0.134. The molecule has 2 aliphatic rings. The lowest BCUT2D eigenvalue weighted by atomic mass is 10.0. The number of nitrogens with zero attached hydrogens (tertiary/aromatic N) is 2. The third kappa shape index (κ3) is 4.89. The second-order valence-corrected chi connectivity index (χ2v) is 7.69. The predicted molar refractivity (Wildman–Crippen MR) is 110 cm³/mol. The highest BCUT2D eigenvalue weighted by Gasteiger charge is 2.37. The highest BCUT2D eigenvalue weighted by atomic mass is 35.5. The van der Waals surface area contributed by atoms with Crippen molar-refractivity contribution in [2.24, 2.45) is 17.6 Å². The van der Waals surface area contributed by atoms with E-state index >= 15 is 0 Å². The van der Waals surface area contributed by atoms with Gasteiger partial charge in [-0.3, -0.25) is 9.59 Å². The first-order valence-electron chi connectivity index (χ1n) is 9.57. The molecule has 0 bridgehead atoms. The van der Waals surface area contributed by atoms with E-state index in [1.165, 1.54) is 0 Å². The molecule has 0 aliphatic carbocycles. The Morgan fingerprint density at radius 3 is 2.64 bits per heavy atom. The summed E-state index contributed by atoms with van der Waals surface area (Å²) in [5.41, 5.74) is 6.81. The zero-order valence-corrected chi connectivity index (χ0v) is 17.5. The smallest absolute Gasteiger partial charge is 0.227 e. The summed E-state index contributed by atoms with van der Waals surface area (Å²) in [6.07, 6.45) is 0.986. The van der Waals surface area contributed by atoms with Crippen molar-refractivity contribution >= 4 is 29.9 Å². The van der Waals surface area contributed by atoms with Crippen molar-refractivity contribution < 1.29 is 19.1 Å². The fourth-order valence-corrected chi connectivity index (χ4v) is 3.42. The summed E-state index contributed by atoms with van der Waals surface area (Å²) in [4.78, 5) is 28.6. The van der Waals surface area contributed by atoms with Crippen LogP contribution in [0.15, 0.2) is 18.2 Å². The Morgan fingerprint density at radius 1 is 1.29 bits per heavy atom. The van der Waals surface area contributed by atoms with Crippen molar-refractivity contribution in [2.45, 2.75) is 32.7 Å². The zero-order chi connectivity index (χ0) is 19.6. The molecule has 2 aliphatic heterocycles. The monoisotopic (exact) mass is 411 g/mol. The van der Waals surface area contributed by atoms with Gasteiger partial charge in [0.25, 0.3) is 0 Å². The molecule has 2 unspecified atom stereocenters. The maximum Gasteiger partial charge on any atom is 0.227 e. The number of rotatable bonds is 6. The standard InChI is InChI=1S/C20H29N3O4.ClH/c1-13(2)16(21)6-7-22(3)20(25)14-10-19(24)23(12-14)15-4-5-17-18(11-15)27-9-8-26-17;/h4-5,11,13-14,16H,6-10,12,21H2,1-3H3;1H. The molecule has 1 aromatic carbocycles. The first kappa shape index (κ1) is 22.3. The minimum Gasteiger partial charge on any atom is -0.486 e. The average Bonchev–Trinajstić information content (AvgIpc) is 3.06. The van der Waals surface area contributed by atoms with Gasteiger partial charge in [0.1, 0.15) is 13.2 Å². The molecule has 2 N–H and O–H groups in total. The van der Waals surface area contributed by atoms with E-state index in [-0.39, 0.29) is 42.6 Å². The lowest BCUT2D eigenvalue weighted by Crippen LogP contribution is -2.38. The number of fused-ring (bicyclic) bond motifs is 1. The van der Waals surface area contributed by atoms with Gasteiger partial charge in [0.15, 0.2) is 11.5 Å². The maximum absolute atomic E-state index is 12.7. The third-order valence-electron chi connectivity index (χ3n) is 5.34. The summed E-state index contributed by atoms with van der Waals surface area (Å²) in [5.74, 6) is 1.33. The molecule has 0 aromatic heterocycles. The fraction of sp³-hybridized carbons (Fsp3) is 0.600. The van der Waals surface area contributed by atoms with Crippen LogP contribution in [0.4, 0.5) is 5.69 Å². The maximum atomic E-state index is 12.7. The Morgan fingerprint density at radius 2 is 1.96 bits per heavy atom. The van der Waals surface area contributed by atoms with Crippen molar-refractivity contribution in [1.82, 2.24) is 4.90 Å². The summed E-state index contributed by atoms with van der Waals surface area (Å²) >= 11 is 0. The highest BCUT2D eigenvalue weighted by Crippen LogP contribution is 2.36. The topological polar surface area (TPSA) is 85.1 Å². The SMILES string of the molecule is CC(C)C(N)CCN(C)C(=O)C1CC(=O)N(c2ccc3c(c2)OCCO3)C1.Cl. The Labute approximate surface area is 172 Å². The molecule has 0 spiro atoms. The quantitative estimate of drug-likeness (QED) is 0.774. The van der Waals surface area contributed by atoms with Crippen LogP contribution in [-0.4, -0.2) is 56.1 Å². The van der Waals surface area contributed by atoms with Gasteiger partial charge < -0.3 is 25.0 Å². The Kier molecular flexibility index (Phi) is 7.55. The van der Waals surface area contributed by atoms with Gasteiger partial charge in [-0.2, -0.15) is 0 Å². The van der Waals surface area contributed by atoms with Crippen molar-refractivity contribution in [2.75, 3.05) is 38.3 Å². The number of carbonyl (C=O) groups excluding carboxylic acids is 2. The molecule has 1 aromatic rings. The normalized spacial score (nSPS) is 19.4. The van der Waals surface area contributed by atoms with E-state index in [2.05, 4.69) is 13.8 Å². The van der Waals surface area contributed by atoms with Gasteiger partial charge in [-0.05, 0) is 24.5 Å². The zero-order valence-electron chi connectivity index (χ0n) is 16.7. The minimum atomic E-state index is -0.328. The van der Waals surface area contributed by atoms with Crippen LogP contribution in [0.3, 0.4) is 0 Å². The summed E-state index contributed by atoms with van der Waals surface area (Å²) < 4.78 is 11.1. The Balaban J connectivity index is 0.00000280. The van der Waals surface area contributed by atoms with Crippen molar-refractivity contribution in [1.29, 1.82) is 0 Å². The van der Waals surface area contributed by atoms with Gasteiger partial charge in [-0.15, -0.1) is 12.4 Å². The molecule has 8 heteroatoms. The van der Waals surface area contributed by atoms with Crippen molar-refractivity contribution in [3.63, 3.8) is 0 Å². The molecule has 1 fully saturated rings. The molecule has 2 amide bonds. The molecular weight excluding hydrogens is 382 g/mol. The van der Waals surface area contributed by atoms with Crippen LogP contribution in [-0.2, 0) is 9.59 Å². The molecule has 2 atom stereocenters. The number of nitrogens with two attached hydrogens (primary N) is 1. The van der Waals surface area contributed by atoms with Gasteiger partial charge in [-0.1, -0.05) is 13.8 Å². The van der Waals surface area contributed by atoms with E-state index in [0.29, 0.717) is 43.7 Å². The van der Waals surface area contributed by atoms with Gasteiger partial charge in [0.2, 0.25) is 11.8 Å². The largest absolute Gasteiger partial charge is 0.486 e. The number of hydrogen-bond donors (Lipinski definition) is 1. The summed E-state index contributed by atoms with van der Waals surface area (Å²) in [7, 11) is 1.78. The number of hydrogen-bond acceptors (Lipinski definition) is 5. The number of anilines is 1. The van der Waals surface area contributed by atoms with E-state index in [1.807, 2.05) is 18.2 Å². The minimum absolute atomic E-state index is 0. The molecule has 7 nitrogen and oxygen atoms in total. The van der Waals surface area contributed by atoms with Crippen molar-refractivity contribution in [3.8, 4) is 11.5 Å². The van der Waals surface area contributed by atoms with E-state index in [1.54, 1.807) is 16.8 Å². The van der Waals surface area contributed by atoms with E-state index in [9.17, 15) is 9.59 Å². The molecule has 28 heavy (non-hydrogen) atoms. The molecule has 0 saturated carbocycles. The van der Waals surface area contributed by atoms with Crippen LogP contribution in [0, 0.1) is 11.8 Å². The average molecular weight is 412 g/mol. The third-order valence-corrected chi connectivity index (χ3v) is 5.34. The summed E-state index contributed by atoms with van der Waals surface area (Å²) in [6, 6.07) is 5.53. The first-order valence-corrected chi connectivity index (χ1v) is 9.57. The van der Waals surface area contributed by atoms with Crippen LogP contribution in [0.5, 0.6) is 11.5 Å². The number of amides is 2. The molecule has 2 heterocycles. The van der Waals surface area contributed by atoms with Crippen LogP contribution >= 0.6 is 12.4 Å². The molecular formula is C20H30ClN3O4. The molecule has 156 valence electrons. The molecule has 0 radical (unpaired) electrons. The summed E-state index contributed by atoms with van der Waals surface area (Å²) in [5, 5.41) is 0. The van der Waals surface area contributed by atoms with E-state index < -0.39 is 0 Å². The number of halogens is 1. The van der Waals surface area contributed by atoms with Crippen LogP contribution in [0.25, 0.3) is 0 Å². The van der Waals surface area contributed by atoms with Crippen LogP contribution in [0.2, 0.25) is 0 Å². The second kappa shape index (κ2) is 9.47. The van der Waals surface area contributed by atoms with Crippen LogP contribution < -0.4 is 20.1 Å². The van der Waals surface area contributed by atoms with Crippen LogP contribution in [0.1, 0.15) is 26.7 Å². The molecule has 3 rings (SSSR count). The second-order valence-electron chi connectivity index (χ2n) is 7.69. The first-order chi connectivity index (χ1) is 12.9. The number of ether oxygens (including phenoxy) is 2. The number of carbonyl (C=O) groups is 2. The lowest BCUT2D eigenvalue weighted by Gasteiger charge is -2.24. The fourth-order valence-electron chi connectivity index (χ4n) is 3.42. The number of benzene rings is 1. The van der Waals surface area contributed by atoms with Gasteiger partial charge in [0, 0.05) is 44.4 Å².